The Kier molecular flexibility index (Phi) is 4.39. The van der Waals surface area contributed by atoms with Gasteiger partial charge in [-0.2, -0.15) is 0 Å². The Bertz CT molecular complexity index is 571. The van der Waals surface area contributed by atoms with Gasteiger partial charge in [-0.15, -0.1) is 11.3 Å². The zero-order valence-corrected chi connectivity index (χ0v) is 12.0. The van der Waals surface area contributed by atoms with Crippen molar-refractivity contribution in [3.8, 4) is 0 Å². The fourth-order valence-corrected chi connectivity index (χ4v) is 2.51. The molecule has 0 saturated carbocycles. The third kappa shape index (κ3) is 3.45. The lowest BCUT2D eigenvalue weighted by atomic mass is 10.3. The number of hydrogen-bond donors (Lipinski definition) is 1. The van der Waals surface area contributed by atoms with Crippen molar-refractivity contribution in [1.29, 1.82) is 0 Å². The number of aromatic nitrogens is 1. The van der Waals surface area contributed by atoms with Crippen LogP contribution < -0.4 is 5.73 Å². The Morgan fingerprint density at radius 2 is 2.26 bits per heavy atom. The van der Waals surface area contributed by atoms with E-state index in [1.165, 1.54) is 4.88 Å². The first-order valence-electron chi connectivity index (χ1n) is 5.78. The molecular weight excluding hydrogens is 282 g/mol. The predicted molar refractivity (Wildman–Crippen MR) is 78.6 cm³/mol. The minimum Gasteiger partial charge on any atom is -0.384 e. The van der Waals surface area contributed by atoms with Gasteiger partial charge < -0.3 is 10.6 Å². The first kappa shape index (κ1) is 13.8. The van der Waals surface area contributed by atoms with Gasteiger partial charge in [0.25, 0.3) is 5.91 Å². The molecule has 100 valence electrons. The molecule has 0 fully saturated rings. The minimum absolute atomic E-state index is 0.204. The maximum Gasteiger partial charge on any atom is 0.273 e. The van der Waals surface area contributed by atoms with E-state index in [-0.39, 0.29) is 11.6 Å². The molecule has 0 aromatic carbocycles. The summed E-state index contributed by atoms with van der Waals surface area (Å²) in [6.45, 7) is 0.617. The molecule has 0 aliphatic rings. The van der Waals surface area contributed by atoms with Crippen molar-refractivity contribution >= 4 is 34.7 Å². The summed E-state index contributed by atoms with van der Waals surface area (Å²) >= 11 is 7.65. The van der Waals surface area contributed by atoms with Crippen LogP contribution in [0.5, 0.6) is 0 Å². The van der Waals surface area contributed by atoms with Gasteiger partial charge in [0.05, 0.1) is 5.02 Å². The number of nitrogens with zero attached hydrogens (tertiary/aromatic N) is 2. The number of carbonyl (C=O) groups excluding carboxylic acids is 1. The van der Waals surface area contributed by atoms with Gasteiger partial charge in [-0.25, -0.2) is 4.98 Å². The van der Waals surface area contributed by atoms with Gasteiger partial charge in [0.2, 0.25) is 0 Å². The molecule has 4 nitrogen and oxygen atoms in total. The molecule has 2 N–H and O–H groups in total. The molecule has 0 saturated heterocycles. The summed E-state index contributed by atoms with van der Waals surface area (Å²) in [6.07, 6.45) is 0.819. The van der Waals surface area contributed by atoms with E-state index in [4.69, 9.17) is 17.3 Å². The zero-order valence-electron chi connectivity index (χ0n) is 10.5. The predicted octanol–water partition coefficient (Wildman–Crippen LogP) is 2.69. The van der Waals surface area contributed by atoms with Crippen molar-refractivity contribution in [2.45, 2.75) is 6.42 Å². The summed E-state index contributed by atoms with van der Waals surface area (Å²) in [4.78, 5) is 19.0. The van der Waals surface area contributed by atoms with Gasteiger partial charge in [-0.05, 0) is 30.0 Å². The Labute approximate surface area is 120 Å². The smallest absolute Gasteiger partial charge is 0.273 e. The maximum absolute atomic E-state index is 12.2. The quantitative estimate of drug-likeness (QED) is 0.943. The van der Waals surface area contributed by atoms with Crippen LogP contribution in [0.4, 0.5) is 5.82 Å². The van der Waals surface area contributed by atoms with Crippen LogP contribution in [0.2, 0.25) is 5.02 Å². The number of anilines is 1. The summed E-state index contributed by atoms with van der Waals surface area (Å²) < 4.78 is 0. The number of pyridine rings is 1. The average Bonchev–Trinajstić information content (AvgIpc) is 2.91. The van der Waals surface area contributed by atoms with Gasteiger partial charge in [0.15, 0.2) is 0 Å². The zero-order chi connectivity index (χ0) is 13.8. The molecule has 0 atom stereocenters. The second-order valence-electron chi connectivity index (χ2n) is 4.12. The summed E-state index contributed by atoms with van der Waals surface area (Å²) in [7, 11) is 1.73. The molecule has 0 aliphatic heterocycles. The molecule has 2 aromatic heterocycles. The minimum atomic E-state index is -0.214. The largest absolute Gasteiger partial charge is 0.384 e. The summed E-state index contributed by atoms with van der Waals surface area (Å²) in [5, 5.41) is 2.34. The number of hydrogen-bond acceptors (Lipinski definition) is 4. The molecule has 2 aromatic rings. The molecule has 1 amide bonds. The van der Waals surface area contributed by atoms with E-state index >= 15 is 0 Å². The fraction of sp³-hybridized carbons (Fsp3) is 0.231. The van der Waals surface area contributed by atoms with E-state index in [9.17, 15) is 4.79 Å². The van der Waals surface area contributed by atoms with E-state index in [2.05, 4.69) is 11.1 Å². The van der Waals surface area contributed by atoms with Gasteiger partial charge in [-0.3, -0.25) is 4.79 Å². The number of nitrogens with two attached hydrogens (primary N) is 1. The molecule has 0 bridgehead atoms. The lowest BCUT2D eigenvalue weighted by Crippen LogP contribution is -2.29. The van der Waals surface area contributed by atoms with Crippen molar-refractivity contribution in [2.24, 2.45) is 0 Å². The summed E-state index contributed by atoms with van der Waals surface area (Å²) in [6, 6.07) is 7.21. The van der Waals surface area contributed by atoms with Crippen molar-refractivity contribution in [3.05, 3.63) is 45.2 Å². The van der Waals surface area contributed by atoms with E-state index in [1.807, 2.05) is 11.4 Å². The third-order valence-electron chi connectivity index (χ3n) is 2.69. The molecule has 0 aliphatic carbocycles. The molecule has 19 heavy (non-hydrogen) atoms. The van der Waals surface area contributed by atoms with Crippen LogP contribution in [-0.4, -0.2) is 29.4 Å². The normalized spacial score (nSPS) is 10.4. The highest BCUT2D eigenvalue weighted by molar-refractivity contribution is 7.09. The molecular formula is C13H14ClN3OS. The van der Waals surface area contributed by atoms with E-state index < -0.39 is 0 Å². The second kappa shape index (κ2) is 6.04. The standard InChI is InChI=1S/C13H14ClN3OS/c1-17(7-6-9-3-2-8-19-9)13(18)12-10(14)4-5-11(15)16-12/h2-5,8H,6-7H2,1H3,(H2,15,16). The van der Waals surface area contributed by atoms with Gasteiger partial charge in [-0.1, -0.05) is 17.7 Å². The number of rotatable bonds is 4. The van der Waals surface area contributed by atoms with Crippen LogP contribution in [0.15, 0.2) is 29.6 Å². The third-order valence-corrected chi connectivity index (χ3v) is 3.93. The van der Waals surface area contributed by atoms with E-state index in [0.29, 0.717) is 17.4 Å². The molecule has 2 heterocycles. The highest BCUT2D eigenvalue weighted by Crippen LogP contribution is 2.17. The van der Waals surface area contributed by atoms with Crippen LogP contribution >= 0.6 is 22.9 Å². The Hall–Kier alpha value is -1.59. The number of likely N-dealkylation sites (N-methyl/N-ethyl adjacent to an activating group) is 1. The Balaban J connectivity index is 2.04. The number of amides is 1. The summed E-state index contributed by atoms with van der Waals surface area (Å²) in [5.74, 6) is 0.0771. The van der Waals surface area contributed by atoms with Crippen LogP contribution in [0.1, 0.15) is 15.4 Å². The number of thiophene rings is 1. The molecule has 2 rings (SSSR count). The van der Waals surface area contributed by atoms with Crippen molar-refractivity contribution < 1.29 is 4.79 Å². The highest BCUT2D eigenvalue weighted by atomic mass is 35.5. The second-order valence-corrected chi connectivity index (χ2v) is 5.56. The number of nitrogen functional groups attached to an aromatic ring is 1. The van der Waals surface area contributed by atoms with Crippen molar-refractivity contribution in [1.82, 2.24) is 9.88 Å². The maximum atomic E-state index is 12.2. The Morgan fingerprint density at radius 3 is 2.95 bits per heavy atom. The van der Waals surface area contributed by atoms with Gasteiger partial charge in [0.1, 0.15) is 11.5 Å². The monoisotopic (exact) mass is 295 g/mol. The van der Waals surface area contributed by atoms with Crippen LogP contribution in [0.3, 0.4) is 0 Å². The molecule has 0 unspecified atom stereocenters. The lowest BCUT2D eigenvalue weighted by molar-refractivity contribution is 0.0791. The molecule has 0 spiro atoms. The SMILES string of the molecule is CN(CCc1cccs1)C(=O)c1nc(N)ccc1Cl. The molecule has 6 heteroatoms. The highest BCUT2D eigenvalue weighted by Gasteiger charge is 2.17. The number of halogens is 1. The average molecular weight is 296 g/mol. The van der Waals surface area contributed by atoms with Crippen molar-refractivity contribution in [3.63, 3.8) is 0 Å². The van der Waals surface area contributed by atoms with E-state index in [1.54, 1.807) is 35.4 Å². The van der Waals surface area contributed by atoms with Crippen molar-refractivity contribution in [2.75, 3.05) is 19.3 Å². The number of carbonyl (C=O) groups is 1. The first-order chi connectivity index (χ1) is 9.08. The first-order valence-corrected chi connectivity index (χ1v) is 7.03. The lowest BCUT2D eigenvalue weighted by Gasteiger charge is -2.17. The van der Waals surface area contributed by atoms with Crippen LogP contribution in [0.25, 0.3) is 0 Å². The van der Waals surface area contributed by atoms with Gasteiger partial charge in [0, 0.05) is 18.5 Å². The fourth-order valence-electron chi connectivity index (χ4n) is 1.62. The van der Waals surface area contributed by atoms with E-state index in [0.717, 1.165) is 6.42 Å². The topological polar surface area (TPSA) is 59.2 Å². The van der Waals surface area contributed by atoms with Crippen LogP contribution in [-0.2, 0) is 6.42 Å². The Morgan fingerprint density at radius 1 is 1.47 bits per heavy atom. The van der Waals surface area contributed by atoms with Crippen LogP contribution in [0, 0.1) is 0 Å². The van der Waals surface area contributed by atoms with Gasteiger partial charge >= 0.3 is 0 Å². The molecule has 0 radical (unpaired) electrons. The summed E-state index contributed by atoms with van der Waals surface area (Å²) in [5.41, 5.74) is 5.78.